The molecule has 0 N–H and O–H groups in total. The highest BCUT2D eigenvalue weighted by Crippen LogP contribution is 2.39. The molecule has 290 valence electrons. The lowest BCUT2D eigenvalue weighted by Gasteiger charge is -2.14. The third-order valence-electron chi connectivity index (χ3n) is 11.9. The van der Waals surface area contributed by atoms with Gasteiger partial charge in [0.15, 0.2) is 0 Å². The summed E-state index contributed by atoms with van der Waals surface area (Å²) < 4.78 is 0. The van der Waals surface area contributed by atoms with Gasteiger partial charge in [0.1, 0.15) is 0 Å². The van der Waals surface area contributed by atoms with Gasteiger partial charge in [-0.3, -0.25) is 0 Å². The summed E-state index contributed by atoms with van der Waals surface area (Å²) in [7, 11) is 0. The number of aromatic nitrogens is 2. The molecule has 11 aromatic rings. The molecule has 2 nitrogen and oxygen atoms in total. The van der Waals surface area contributed by atoms with Gasteiger partial charge in [-0.15, -0.1) is 0 Å². The van der Waals surface area contributed by atoms with E-state index in [1.807, 2.05) is 6.07 Å². The minimum atomic E-state index is 0.934. The van der Waals surface area contributed by atoms with Crippen molar-refractivity contribution in [1.82, 2.24) is 9.97 Å². The average molecular weight is 789 g/mol. The second-order valence-corrected chi connectivity index (χ2v) is 15.8. The topological polar surface area (TPSA) is 25.8 Å². The quantitative estimate of drug-likeness (QED) is 0.143. The van der Waals surface area contributed by atoms with Crippen molar-refractivity contribution in [3.8, 4) is 89.4 Å². The van der Waals surface area contributed by atoms with Gasteiger partial charge in [-0.05, 0) is 109 Å². The van der Waals surface area contributed by atoms with Crippen LogP contribution in [-0.2, 0) is 0 Å². The van der Waals surface area contributed by atoms with Crippen LogP contribution in [0.3, 0.4) is 0 Å². The SMILES string of the molecule is c1ccc(-c2cccc(-c3cc(-c4ccc(-c5ccc6ccc7nc(-c8ccccc8)cc(-c8ccccc8)c7c6c5)cc4)cc(-c4cccc(-c5ccccc5)c4)n3)c2)cc1. The normalized spacial score (nSPS) is 11.2. The number of hydrogen-bond donors (Lipinski definition) is 0. The fourth-order valence-corrected chi connectivity index (χ4v) is 8.66. The second-order valence-electron chi connectivity index (χ2n) is 15.8. The fraction of sp³-hybridized carbons (Fsp3) is 0. The van der Waals surface area contributed by atoms with Crippen LogP contribution in [0.5, 0.6) is 0 Å². The van der Waals surface area contributed by atoms with E-state index in [1.165, 1.54) is 44.2 Å². The molecule has 0 radical (unpaired) electrons. The molecular formula is C60H40N2. The number of fused-ring (bicyclic) bond motifs is 3. The first-order valence-corrected chi connectivity index (χ1v) is 21.1. The van der Waals surface area contributed by atoms with Crippen molar-refractivity contribution < 1.29 is 0 Å². The van der Waals surface area contributed by atoms with Crippen molar-refractivity contribution in [3.05, 3.63) is 243 Å². The van der Waals surface area contributed by atoms with Crippen LogP contribution in [0, 0.1) is 0 Å². The summed E-state index contributed by atoms with van der Waals surface area (Å²) in [6.07, 6.45) is 0. The van der Waals surface area contributed by atoms with E-state index in [-0.39, 0.29) is 0 Å². The highest BCUT2D eigenvalue weighted by atomic mass is 14.7. The molecule has 0 atom stereocenters. The summed E-state index contributed by atoms with van der Waals surface area (Å²) >= 11 is 0. The minimum absolute atomic E-state index is 0.934. The van der Waals surface area contributed by atoms with Gasteiger partial charge in [0.25, 0.3) is 0 Å². The summed E-state index contributed by atoms with van der Waals surface area (Å²) in [6, 6.07) is 86.5. The first-order valence-electron chi connectivity index (χ1n) is 21.1. The van der Waals surface area contributed by atoms with E-state index >= 15 is 0 Å². The van der Waals surface area contributed by atoms with Crippen molar-refractivity contribution in [2.75, 3.05) is 0 Å². The van der Waals surface area contributed by atoms with Gasteiger partial charge in [0, 0.05) is 22.1 Å². The van der Waals surface area contributed by atoms with E-state index in [1.54, 1.807) is 0 Å². The molecule has 0 fully saturated rings. The predicted molar refractivity (Wildman–Crippen MR) is 261 cm³/mol. The molecule has 0 aliphatic rings. The summed E-state index contributed by atoms with van der Waals surface area (Å²) in [5.41, 5.74) is 18.7. The molecule has 0 bridgehead atoms. The first kappa shape index (κ1) is 36.8. The Kier molecular flexibility index (Phi) is 9.57. The van der Waals surface area contributed by atoms with E-state index in [0.717, 1.165) is 66.9 Å². The van der Waals surface area contributed by atoms with E-state index in [0.29, 0.717) is 0 Å². The lowest BCUT2D eigenvalue weighted by Crippen LogP contribution is -1.92. The van der Waals surface area contributed by atoms with Gasteiger partial charge in [-0.2, -0.15) is 0 Å². The Hall–Kier alpha value is -8.20. The lowest BCUT2D eigenvalue weighted by atomic mass is 9.92. The Balaban J connectivity index is 1.01. The molecule has 0 aliphatic heterocycles. The summed E-state index contributed by atoms with van der Waals surface area (Å²) in [4.78, 5) is 10.6. The smallest absolute Gasteiger partial charge is 0.0722 e. The van der Waals surface area contributed by atoms with Crippen molar-refractivity contribution in [2.24, 2.45) is 0 Å². The summed E-state index contributed by atoms with van der Waals surface area (Å²) in [6.45, 7) is 0. The van der Waals surface area contributed by atoms with Crippen LogP contribution in [0.25, 0.3) is 111 Å². The van der Waals surface area contributed by atoms with Crippen LogP contribution >= 0.6 is 0 Å². The van der Waals surface area contributed by atoms with Gasteiger partial charge in [-0.1, -0.05) is 200 Å². The van der Waals surface area contributed by atoms with E-state index in [2.05, 4.69) is 237 Å². The minimum Gasteiger partial charge on any atom is -0.248 e. The maximum absolute atomic E-state index is 5.33. The zero-order valence-corrected chi connectivity index (χ0v) is 34.0. The molecule has 0 aliphatic carbocycles. The molecule has 62 heavy (non-hydrogen) atoms. The maximum Gasteiger partial charge on any atom is 0.0722 e. The maximum atomic E-state index is 5.33. The Labute approximate surface area is 362 Å². The Morgan fingerprint density at radius 1 is 0.226 bits per heavy atom. The molecule has 0 unspecified atom stereocenters. The molecular weight excluding hydrogens is 749 g/mol. The number of hydrogen-bond acceptors (Lipinski definition) is 2. The highest BCUT2D eigenvalue weighted by molar-refractivity contribution is 6.14. The average Bonchev–Trinajstić information content (AvgIpc) is 3.37. The third kappa shape index (κ3) is 7.25. The fourth-order valence-electron chi connectivity index (χ4n) is 8.66. The summed E-state index contributed by atoms with van der Waals surface area (Å²) in [5.74, 6) is 0. The second kappa shape index (κ2) is 16.1. The standard InChI is InChI=1S/C60H40N2/c1-5-15-41(16-6-1)48-23-13-25-51(35-48)57-38-53(39-58(62-57)52-26-14-24-49(36-52)42-17-7-2-8-18-42)44-29-27-43(28-30-44)50-32-31-46-33-34-56-60(54(46)37-50)55(45-19-9-3-10-20-45)40-59(61-56)47-21-11-4-12-22-47/h1-40H. The molecule has 9 aromatic carbocycles. The Morgan fingerprint density at radius 2 is 0.629 bits per heavy atom. The van der Waals surface area contributed by atoms with Gasteiger partial charge in [-0.25, -0.2) is 9.97 Å². The molecule has 0 saturated carbocycles. The van der Waals surface area contributed by atoms with E-state index < -0.39 is 0 Å². The van der Waals surface area contributed by atoms with Crippen LogP contribution in [0.4, 0.5) is 0 Å². The third-order valence-corrected chi connectivity index (χ3v) is 11.9. The molecule has 0 amide bonds. The number of benzene rings is 9. The zero-order valence-electron chi connectivity index (χ0n) is 34.0. The van der Waals surface area contributed by atoms with Crippen molar-refractivity contribution in [1.29, 1.82) is 0 Å². The monoisotopic (exact) mass is 788 g/mol. The van der Waals surface area contributed by atoms with Crippen LogP contribution in [-0.4, -0.2) is 9.97 Å². The van der Waals surface area contributed by atoms with Crippen molar-refractivity contribution >= 4 is 21.7 Å². The van der Waals surface area contributed by atoms with Gasteiger partial charge in [0.2, 0.25) is 0 Å². The number of pyridine rings is 2. The Morgan fingerprint density at radius 3 is 1.19 bits per heavy atom. The van der Waals surface area contributed by atoms with Crippen LogP contribution in [0.2, 0.25) is 0 Å². The molecule has 2 aromatic heterocycles. The van der Waals surface area contributed by atoms with Gasteiger partial charge >= 0.3 is 0 Å². The molecule has 2 heteroatoms. The lowest BCUT2D eigenvalue weighted by molar-refractivity contribution is 1.32. The summed E-state index contributed by atoms with van der Waals surface area (Å²) in [5, 5.41) is 3.54. The van der Waals surface area contributed by atoms with Crippen molar-refractivity contribution in [3.63, 3.8) is 0 Å². The molecule has 11 rings (SSSR count). The Bertz CT molecular complexity index is 3260. The predicted octanol–water partition coefficient (Wildman–Crippen LogP) is 16.1. The largest absolute Gasteiger partial charge is 0.248 e. The highest BCUT2D eigenvalue weighted by Gasteiger charge is 2.15. The van der Waals surface area contributed by atoms with Gasteiger partial charge in [0.05, 0.1) is 22.6 Å². The molecule has 2 heterocycles. The van der Waals surface area contributed by atoms with Crippen molar-refractivity contribution in [2.45, 2.75) is 0 Å². The molecule has 0 saturated heterocycles. The van der Waals surface area contributed by atoms with Crippen LogP contribution < -0.4 is 0 Å². The van der Waals surface area contributed by atoms with E-state index in [9.17, 15) is 0 Å². The van der Waals surface area contributed by atoms with E-state index in [4.69, 9.17) is 9.97 Å². The number of rotatable bonds is 8. The van der Waals surface area contributed by atoms with Crippen LogP contribution in [0.15, 0.2) is 243 Å². The van der Waals surface area contributed by atoms with Crippen LogP contribution in [0.1, 0.15) is 0 Å². The van der Waals surface area contributed by atoms with Gasteiger partial charge < -0.3 is 0 Å². The zero-order chi connectivity index (χ0) is 41.2. The molecule has 0 spiro atoms. The number of nitrogens with zero attached hydrogens (tertiary/aromatic N) is 2. The first-order chi connectivity index (χ1) is 30.7.